The Morgan fingerprint density at radius 3 is 2.92 bits per heavy atom. The van der Waals surface area contributed by atoms with Crippen LogP contribution in [0.15, 0.2) is 31.0 Å². The van der Waals surface area contributed by atoms with E-state index >= 15 is 0 Å². The van der Waals surface area contributed by atoms with Crippen LogP contribution in [0.1, 0.15) is 21.5 Å². The quantitative estimate of drug-likeness (QED) is 0.758. The van der Waals surface area contributed by atoms with Crippen LogP contribution in [0.5, 0.6) is 0 Å². The Hall–Kier alpha value is -2.52. The summed E-state index contributed by atoms with van der Waals surface area (Å²) in [5, 5.41) is 8.32. The molecule has 3 aromatic heterocycles. The Labute approximate surface area is 149 Å². The molecule has 1 fully saturated rings. The smallest absolute Gasteiger partial charge is 0.266 e. The molecule has 1 aliphatic rings. The van der Waals surface area contributed by atoms with Gasteiger partial charge in [-0.1, -0.05) is 0 Å². The monoisotopic (exact) mass is 357 g/mol. The maximum absolute atomic E-state index is 13.1. The van der Waals surface area contributed by atoms with Crippen molar-refractivity contribution in [2.45, 2.75) is 6.04 Å². The molecule has 9 heteroatoms. The molecule has 25 heavy (non-hydrogen) atoms. The van der Waals surface area contributed by atoms with E-state index in [0.717, 1.165) is 22.9 Å². The lowest BCUT2D eigenvalue weighted by Crippen LogP contribution is -2.49. The number of carbonyl (C=O) groups is 1. The van der Waals surface area contributed by atoms with Gasteiger partial charge in [0.15, 0.2) is 0 Å². The molecule has 0 radical (unpaired) electrons. The van der Waals surface area contributed by atoms with Crippen molar-refractivity contribution in [2.75, 3.05) is 19.6 Å². The summed E-state index contributed by atoms with van der Waals surface area (Å²) >= 11 is 1.40. The molecule has 1 aliphatic heterocycles. The second-order valence-electron chi connectivity index (χ2n) is 6.05. The summed E-state index contributed by atoms with van der Waals surface area (Å²) in [4.78, 5) is 24.4. The number of nitrogens with zero attached hydrogens (tertiary/aromatic N) is 6. The number of carbonyl (C=O) groups excluding carboxylic acids is 1. The van der Waals surface area contributed by atoms with E-state index in [-0.39, 0.29) is 11.9 Å². The molecule has 0 bridgehead atoms. The van der Waals surface area contributed by atoms with Crippen molar-refractivity contribution < 1.29 is 4.79 Å². The Morgan fingerprint density at radius 2 is 2.20 bits per heavy atom. The minimum absolute atomic E-state index is 0.00198. The molecular weight excluding hydrogens is 338 g/mol. The average Bonchev–Trinajstić information content (AvgIpc) is 3.34. The number of thiazole rings is 1. The summed E-state index contributed by atoms with van der Waals surface area (Å²) in [6, 6.07) is -0.0785. The van der Waals surface area contributed by atoms with Gasteiger partial charge in [0.2, 0.25) is 0 Å². The van der Waals surface area contributed by atoms with E-state index in [2.05, 4.69) is 20.4 Å². The lowest BCUT2D eigenvalue weighted by molar-refractivity contribution is 0.0625. The fraction of sp³-hybridized carbons (Fsp3) is 0.375. The molecule has 0 spiro atoms. The van der Waals surface area contributed by atoms with Gasteiger partial charge in [0.1, 0.15) is 21.8 Å². The number of amides is 1. The Kier molecular flexibility index (Phi) is 4.10. The lowest BCUT2D eigenvalue weighted by Gasteiger charge is -2.35. The number of nitrogens with one attached hydrogen (secondary N) is 1. The van der Waals surface area contributed by atoms with E-state index in [0.29, 0.717) is 18.0 Å². The molecule has 4 heterocycles. The summed E-state index contributed by atoms with van der Waals surface area (Å²) < 4.78 is 3.69. The maximum atomic E-state index is 13.1. The van der Waals surface area contributed by atoms with Gasteiger partial charge in [-0.3, -0.25) is 9.48 Å². The number of rotatable bonds is 3. The zero-order valence-electron chi connectivity index (χ0n) is 14.1. The average molecular weight is 357 g/mol. The van der Waals surface area contributed by atoms with Gasteiger partial charge in [-0.2, -0.15) is 5.10 Å². The zero-order valence-corrected chi connectivity index (χ0v) is 14.9. The van der Waals surface area contributed by atoms with Crippen molar-refractivity contribution in [1.29, 1.82) is 0 Å². The van der Waals surface area contributed by atoms with E-state index in [1.165, 1.54) is 11.3 Å². The van der Waals surface area contributed by atoms with E-state index in [1.807, 2.05) is 36.0 Å². The SMILES string of the molecule is Cn1cc(-c2ncc(C(=O)N3CCNCC3c3nccn3C)s2)cn1. The minimum Gasteiger partial charge on any atom is -0.336 e. The van der Waals surface area contributed by atoms with Crippen LogP contribution < -0.4 is 5.32 Å². The predicted molar refractivity (Wildman–Crippen MR) is 94.2 cm³/mol. The third-order valence-electron chi connectivity index (χ3n) is 4.33. The highest BCUT2D eigenvalue weighted by Crippen LogP contribution is 2.28. The summed E-state index contributed by atoms with van der Waals surface area (Å²) in [7, 11) is 3.81. The number of hydrogen-bond donors (Lipinski definition) is 1. The second kappa shape index (κ2) is 6.41. The third-order valence-corrected chi connectivity index (χ3v) is 5.36. The molecule has 1 N–H and O–H groups in total. The number of aryl methyl sites for hydroxylation is 2. The Bertz CT molecular complexity index is 896. The van der Waals surface area contributed by atoms with Crippen molar-refractivity contribution in [3.05, 3.63) is 41.7 Å². The van der Waals surface area contributed by atoms with E-state index < -0.39 is 0 Å². The van der Waals surface area contributed by atoms with Gasteiger partial charge in [-0.25, -0.2) is 9.97 Å². The predicted octanol–water partition coefficient (Wildman–Crippen LogP) is 1.06. The van der Waals surface area contributed by atoms with Crippen molar-refractivity contribution in [3.8, 4) is 10.6 Å². The van der Waals surface area contributed by atoms with Gasteiger partial charge in [0.25, 0.3) is 5.91 Å². The van der Waals surface area contributed by atoms with Gasteiger partial charge in [-0.05, 0) is 0 Å². The minimum atomic E-state index is -0.0785. The highest BCUT2D eigenvalue weighted by Gasteiger charge is 2.32. The molecule has 130 valence electrons. The van der Waals surface area contributed by atoms with Crippen LogP contribution in [0.2, 0.25) is 0 Å². The number of hydrogen-bond acceptors (Lipinski definition) is 6. The van der Waals surface area contributed by atoms with Crippen LogP contribution in [0.4, 0.5) is 0 Å². The van der Waals surface area contributed by atoms with Crippen molar-refractivity contribution in [1.82, 2.24) is 34.5 Å². The maximum Gasteiger partial charge on any atom is 0.266 e. The first-order valence-electron chi connectivity index (χ1n) is 8.07. The topological polar surface area (TPSA) is 80.9 Å². The first-order chi connectivity index (χ1) is 12.1. The molecule has 1 atom stereocenters. The molecule has 0 aliphatic carbocycles. The Balaban J connectivity index is 1.61. The number of piperazine rings is 1. The first kappa shape index (κ1) is 16.0. The van der Waals surface area contributed by atoms with Crippen LogP contribution in [0.3, 0.4) is 0 Å². The fourth-order valence-corrected chi connectivity index (χ4v) is 3.90. The Morgan fingerprint density at radius 1 is 1.32 bits per heavy atom. The van der Waals surface area contributed by atoms with E-state index in [4.69, 9.17) is 0 Å². The largest absolute Gasteiger partial charge is 0.336 e. The number of aromatic nitrogens is 5. The third kappa shape index (κ3) is 2.96. The first-order valence-corrected chi connectivity index (χ1v) is 8.89. The lowest BCUT2D eigenvalue weighted by atomic mass is 10.1. The van der Waals surface area contributed by atoms with Crippen LogP contribution in [0, 0.1) is 0 Å². The van der Waals surface area contributed by atoms with Gasteiger partial charge in [0.05, 0.1) is 12.4 Å². The van der Waals surface area contributed by atoms with Crippen LogP contribution in [-0.2, 0) is 14.1 Å². The van der Waals surface area contributed by atoms with E-state index in [1.54, 1.807) is 23.3 Å². The molecule has 8 nitrogen and oxygen atoms in total. The molecule has 0 saturated carbocycles. The highest BCUT2D eigenvalue weighted by atomic mass is 32.1. The van der Waals surface area contributed by atoms with Crippen LogP contribution >= 0.6 is 11.3 Å². The summed E-state index contributed by atoms with van der Waals surface area (Å²) in [6.45, 7) is 2.13. The molecule has 1 unspecified atom stereocenters. The van der Waals surface area contributed by atoms with Crippen LogP contribution in [-0.4, -0.2) is 54.8 Å². The van der Waals surface area contributed by atoms with Crippen LogP contribution in [0.25, 0.3) is 10.6 Å². The summed E-state index contributed by atoms with van der Waals surface area (Å²) in [5.74, 6) is 0.889. The van der Waals surface area contributed by atoms with Gasteiger partial charge in [0, 0.05) is 57.9 Å². The van der Waals surface area contributed by atoms with Gasteiger partial charge < -0.3 is 14.8 Å². The zero-order chi connectivity index (χ0) is 17.4. The number of imidazole rings is 1. The molecule has 1 saturated heterocycles. The second-order valence-corrected chi connectivity index (χ2v) is 7.08. The van der Waals surface area contributed by atoms with Gasteiger partial charge >= 0.3 is 0 Å². The van der Waals surface area contributed by atoms with Crippen molar-refractivity contribution >= 4 is 17.2 Å². The fourth-order valence-electron chi connectivity index (χ4n) is 3.06. The molecule has 1 amide bonds. The molecule has 0 aromatic carbocycles. The van der Waals surface area contributed by atoms with Gasteiger partial charge in [-0.15, -0.1) is 11.3 Å². The standard InChI is InChI=1S/C16H19N7OS/c1-21-5-4-18-14(21)12-8-17-3-6-23(12)16(24)13-9-19-15(25-13)11-7-20-22(2)10-11/h4-5,7,9-10,12,17H,3,6,8H2,1-2H3. The summed E-state index contributed by atoms with van der Waals surface area (Å²) in [5.41, 5.74) is 0.924. The van der Waals surface area contributed by atoms with Crippen molar-refractivity contribution in [3.63, 3.8) is 0 Å². The molecule has 4 rings (SSSR count). The highest BCUT2D eigenvalue weighted by molar-refractivity contribution is 7.16. The van der Waals surface area contributed by atoms with E-state index in [9.17, 15) is 4.79 Å². The molecule has 3 aromatic rings. The normalized spacial score (nSPS) is 17.8. The van der Waals surface area contributed by atoms with Crippen molar-refractivity contribution in [2.24, 2.45) is 14.1 Å². The summed E-state index contributed by atoms with van der Waals surface area (Å²) in [6.07, 6.45) is 8.98. The molecular formula is C16H19N7OS.